The van der Waals surface area contributed by atoms with Gasteiger partial charge < -0.3 is 5.11 Å². The second kappa shape index (κ2) is 3.57. The summed E-state index contributed by atoms with van der Waals surface area (Å²) < 4.78 is 0. The Bertz CT molecular complexity index is 109. The largest absolute Gasteiger partial charge is 0.390 e. The predicted octanol–water partition coefficient (Wildman–Crippen LogP) is 2.97. The highest BCUT2D eigenvalue weighted by Gasteiger charge is 2.20. The minimum atomic E-state index is -0.494. The third-order valence-electron chi connectivity index (χ3n) is 2.37. The molecule has 0 aliphatic rings. The zero-order valence-electron chi connectivity index (χ0n) is 8.57. The Balaban J connectivity index is 3.70. The van der Waals surface area contributed by atoms with E-state index < -0.39 is 5.60 Å². The first-order valence-corrected chi connectivity index (χ1v) is 4.49. The molecule has 0 radical (unpaired) electrons. The normalized spacial score (nSPS) is 13.6. The van der Waals surface area contributed by atoms with Gasteiger partial charge in [0.2, 0.25) is 0 Å². The van der Waals surface area contributed by atoms with Crippen LogP contribution in [0, 0.1) is 5.41 Å². The Morgan fingerprint density at radius 1 is 1.00 bits per heavy atom. The molecule has 0 aliphatic carbocycles. The maximum absolute atomic E-state index is 9.48. The van der Waals surface area contributed by atoms with Crippen LogP contribution in [0.2, 0.25) is 0 Å². The molecule has 0 aromatic rings. The van der Waals surface area contributed by atoms with Gasteiger partial charge in [-0.1, -0.05) is 27.2 Å². The van der Waals surface area contributed by atoms with E-state index in [0.29, 0.717) is 5.41 Å². The summed E-state index contributed by atoms with van der Waals surface area (Å²) >= 11 is 0. The van der Waals surface area contributed by atoms with E-state index in [4.69, 9.17) is 0 Å². The molecule has 0 amide bonds. The summed E-state index contributed by atoms with van der Waals surface area (Å²) in [5.41, 5.74) is -0.105. The molecule has 0 unspecified atom stereocenters. The molecule has 68 valence electrons. The fraction of sp³-hybridized carbons (Fsp3) is 1.00. The Labute approximate surface area is 70.8 Å². The van der Waals surface area contributed by atoms with Crippen molar-refractivity contribution in [1.82, 2.24) is 0 Å². The van der Waals surface area contributed by atoms with Crippen molar-refractivity contribution in [2.75, 3.05) is 0 Å². The number of hydrogen-bond acceptors (Lipinski definition) is 1. The van der Waals surface area contributed by atoms with E-state index in [2.05, 4.69) is 20.8 Å². The molecule has 1 N–H and O–H groups in total. The summed E-state index contributed by atoms with van der Waals surface area (Å²) in [6, 6.07) is 0. The quantitative estimate of drug-likeness (QED) is 0.667. The summed E-state index contributed by atoms with van der Waals surface area (Å²) in [5, 5.41) is 9.48. The van der Waals surface area contributed by atoms with Gasteiger partial charge in [0.1, 0.15) is 0 Å². The highest BCUT2D eigenvalue weighted by atomic mass is 16.3. The van der Waals surface area contributed by atoms with E-state index in [1.165, 1.54) is 6.42 Å². The Morgan fingerprint density at radius 2 is 1.45 bits per heavy atom. The topological polar surface area (TPSA) is 20.2 Å². The lowest BCUT2D eigenvalue weighted by molar-refractivity contribution is 0.0559. The van der Waals surface area contributed by atoms with Crippen LogP contribution >= 0.6 is 0 Å². The molecule has 0 atom stereocenters. The van der Waals surface area contributed by atoms with E-state index in [-0.39, 0.29) is 0 Å². The lowest BCUT2D eigenvalue weighted by Gasteiger charge is -2.26. The van der Waals surface area contributed by atoms with E-state index >= 15 is 0 Å². The molecular formula is C10H22O. The van der Waals surface area contributed by atoms with Crippen LogP contribution in [-0.2, 0) is 0 Å². The molecule has 0 aromatic carbocycles. The molecule has 1 nitrogen and oxygen atoms in total. The SMILES string of the molecule is CCC(C)(C)CCC(C)(C)O. The van der Waals surface area contributed by atoms with Gasteiger partial charge in [-0.3, -0.25) is 0 Å². The van der Waals surface area contributed by atoms with Crippen molar-refractivity contribution in [3.05, 3.63) is 0 Å². The Kier molecular flexibility index (Phi) is 3.56. The van der Waals surface area contributed by atoms with Gasteiger partial charge in [0.15, 0.2) is 0 Å². The molecular weight excluding hydrogens is 136 g/mol. The molecule has 1 heteroatoms. The molecule has 0 bridgehead atoms. The highest BCUT2D eigenvalue weighted by Crippen LogP contribution is 2.28. The maximum atomic E-state index is 9.48. The number of hydrogen-bond donors (Lipinski definition) is 1. The van der Waals surface area contributed by atoms with Gasteiger partial charge in [-0.2, -0.15) is 0 Å². The first-order chi connectivity index (χ1) is 4.77. The average molecular weight is 158 g/mol. The van der Waals surface area contributed by atoms with Gasteiger partial charge >= 0.3 is 0 Å². The third kappa shape index (κ3) is 6.36. The summed E-state index contributed by atoms with van der Waals surface area (Å²) in [7, 11) is 0. The van der Waals surface area contributed by atoms with Crippen molar-refractivity contribution in [2.24, 2.45) is 5.41 Å². The molecule has 0 aliphatic heterocycles. The van der Waals surface area contributed by atoms with Crippen molar-refractivity contribution in [3.8, 4) is 0 Å². The second-order valence-corrected chi connectivity index (χ2v) is 4.83. The van der Waals surface area contributed by atoms with Gasteiger partial charge in [-0.15, -0.1) is 0 Å². The maximum Gasteiger partial charge on any atom is 0.0592 e. The second-order valence-electron chi connectivity index (χ2n) is 4.83. The fourth-order valence-electron chi connectivity index (χ4n) is 0.821. The summed E-state index contributed by atoms with van der Waals surface area (Å²) in [6.45, 7) is 10.4. The molecule has 0 rings (SSSR count). The average Bonchev–Trinajstić information content (AvgIpc) is 1.83. The zero-order valence-corrected chi connectivity index (χ0v) is 8.57. The van der Waals surface area contributed by atoms with Crippen molar-refractivity contribution >= 4 is 0 Å². The molecule has 0 saturated heterocycles. The lowest BCUT2D eigenvalue weighted by atomic mass is 9.82. The standard InChI is InChI=1S/C10H22O/c1-6-9(2,3)7-8-10(4,5)11/h11H,6-8H2,1-5H3. The van der Waals surface area contributed by atoms with Crippen LogP contribution in [0.4, 0.5) is 0 Å². The van der Waals surface area contributed by atoms with Crippen LogP contribution in [0.5, 0.6) is 0 Å². The van der Waals surface area contributed by atoms with Crippen LogP contribution in [-0.4, -0.2) is 10.7 Å². The van der Waals surface area contributed by atoms with Crippen LogP contribution in [0.15, 0.2) is 0 Å². The smallest absolute Gasteiger partial charge is 0.0592 e. The monoisotopic (exact) mass is 158 g/mol. The molecule has 11 heavy (non-hydrogen) atoms. The first-order valence-electron chi connectivity index (χ1n) is 4.49. The molecule has 0 heterocycles. The van der Waals surface area contributed by atoms with Gasteiger partial charge in [0.05, 0.1) is 5.60 Å². The fourth-order valence-corrected chi connectivity index (χ4v) is 0.821. The first kappa shape index (κ1) is 11.0. The van der Waals surface area contributed by atoms with Crippen LogP contribution in [0.1, 0.15) is 53.9 Å². The van der Waals surface area contributed by atoms with Crippen LogP contribution in [0.3, 0.4) is 0 Å². The van der Waals surface area contributed by atoms with E-state index in [1.807, 2.05) is 13.8 Å². The van der Waals surface area contributed by atoms with E-state index in [1.54, 1.807) is 0 Å². The van der Waals surface area contributed by atoms with Crippen molar-refractivity contribution in [1.29, 1.82) is 0 Å². The van der Waals surface area contributed by atoms with E-state index in [0.717, 1.165) is 12.8 Å². The minimum absolute atomic E-state index is 0.389. The zero-order chi connectivity index (χ0) is 9.12. The Morgan fingerprint density at radius 3 is 1.73 bits per heavy atom. The lowest BCUT2D eigenvalue weighted by Crippen LogP contribution is -2.22. The Hall–Kier alpha value is -0.0400. The number of rotatable bonds is 4. The van der Waals surface area contributed by atoms with Crippen LogP contribution in [0.25, 0.3) is 0 Å². The molecule has 0 fully saturated rings. The number of aliphatic hydroxyl groups is 1. The van der Waals surface area contributed by atoms with Crippen molar-refractivity contribution in [3.63, 3.8) is 0 Å². The van der Waals surface area contributed by atoms with Gasteiger partial charge in [0, 0.05) is 0 Å². The van der Waals surface area contributed by atoms with Gasteiger partial charge in [0.25, 0.3) is 0 Å². The predicted molar refractivity (Wildman–Crippen MR) is 49.6 cm³/mol. The summed E-state index contributed by atoms with van der Waals surface area (Å²) in [4.78, 5) is 0. The highest BCUT2D eigenvalue weighted by molar-refractivity contribution is 4.72. The molecule has 0 saturated carbocycles. The van der Waals surface area contributed by atoms with E-state index in [9.17, 15) is 5.11 Å². The molecule has 0 spiro atoms. The summed E-state index contributed by atoms with van der Waals surface area (Å²) in [5.74, 6) is 0. The molecule has 0 aromatic heterocycles. The van der Waals surface area contributed by atoms with Crippen LogP contribution < -0.4 is 0 Å². The van der Waals surface area contributed by atoms with Crippen molar-refractivity contribution in [2.45, 2.75) is 59.5 Å². The third-order valence-corrected chi connectivity index (χ3v) is 2.37. The van der Waals surface area contributed by atoms with Gasteiger partial charge in [-0.25, -0.2) is 0 Å². The van der Waals surface area contributed by atoms with Gasteiger partial charge in [-0.05, 0) is 32.1 Å². The summed E-state index contributed by atoms with van der Waals surface area (Å²) in [6.07, 6.45) is 3.18. The van der Waals surface area contributed by atoms with Crippen molar-refractivity contribution < 1.29 is 5.11 Å². The minimum Gasteiger partial charge on any atom is -0.390 e.